The van der Waals surface area contributed by atoms with Crippen LogP contribution in [0.25, 0.3) is 0 Å². The highest BCUT2D eigenvalue weighted by molar-refractivity contribution is 6.19. The standard InChI is InChI=1S/C16H21ClO2/c1-3-16(18)19-15(11-13(2)12-17)10-9-14-7-5-4-6-8-14/h4-8,15H,2-3,9-12H2,1H3/t15-/m1/s1. The summed E-state index contributed by atoms with van der Waals surface area (Å²) < 4.78 is 5.44. The molecule has 0 aliphatic rings. The van der Waals surface area contributed by atoms with E-state index in [2.05, 4.69) is 18.7 Å². The van der Waals surface area contributed by atoms with E-state index in [1.165, 1.54) is 5.56 Å². The molecule has 0 heterocycles. The van der Waals surface area contributed by atoms with Gasteiger partial charge in [-0.1, -0.05) is 49.4 Å². The van der Waals surface area contributed by atoms with Gasteiger partial charge in [-0.3, -0.25) is 4.79 Å². The van der Waals surface area contributed by atoms with Crippen LogP contribution in [0.3, 0.4) is 0 Å². The van der Waals surface area contributed by atoms with Crippen molar-refractivity contribution < 1.29 is 9.53 Å². The van der Waals surface area contributed by atoms with Crippen LogP contribution in [-0.2, 0) is 16.0 Å². The molecule has 2 nitrogen and oxygen atoms in total. The van der Waals surface area contributed by atoms with Gasteiger partial charge in [-0.05, 0) is 18.4 Å². The van der Waals surface area contributed by atoms with E-state index >= 15 is 0 Å². The normalized spacial score (nSPS) is 11.9. The number of alkyl halides is 1. The number of ether oxygens (including phenoxy) is 1. The van der Waals surface area contributed by atoms with E-state index in [9.17, 15) is 4.79 Å². The van der Waals surface area contributed by atoms with Gasteiger partial charge in [-0.25, -0.2) is 0 Å². The Kier molecular flexibility index (Phi) is 7.27. The number of esters is 1. The molecule has 0 fully saturated rings. The number of carbonyl (C=O) groups excluding carboxylic acids is 1. The van der Waals surface area contributed by atoms with Crippen molar-refractivity contribution in [2.75, 3.05) is 5.88 Å². The highest BCUT2D eigenvalue weighted by Crippen LogP contribution is 2.16. The number of carbonyl (C=O) groups is 1. The maximum absolute atomic E-state index is 11.4. The molecule has 0 saturated heterocycles. The van der Waals surface area contributed by atoms with E-state index < -0.39 is 0 Å². The molecule has 0 spiro atoms. The summed E-state index contributed by atoms with van der Waals surface area (Å²) in [6, 6.07) is 10.2. The second kappa shape index (κ2) is 8.76. The Hall–Kier alpha value is -1.28. The van der Waals surface area contributed by atoms with Crippen molar-refractivity contribution in [3.05, 3.63) is 48.0 Å². The highest BCUT2D eigenvalue weighted by Gasteiger charge is 2.14. The number of benzene rings is 1. The van der Waals surface area contributed by atoms with E-state index in [1.54, 1.807) is 6.92 Å². The zero-order chi connectivity index (χ0) is 14.1. The van der Waals surface area contributed by atoms with E-state index in [-0.39, 0.29) is 12.1 Å². The SMILES string of the molecule is C=C(CCl)C[C@@H](CCc1ccccc1)OC(=O)CC. The first-order valence-corrected chi connectivity index (χ1v) is 7.15. The van der Waals surface area contributed by atoms with E-state index in [0.717, 1.165) is 18.4 Å². The predicted octanol–water partition coefficient (Wildman–Crippen LogP) is 4.13. The van der Waals surface area contributed by atoms with Gasteiger partial charge < -0.3 is 4.74 Å². The first-order valence-electron chi connectivity index (χ1n) is 6.61. The average Bonchev–Trinajstić information content (AvgIpc) is 2.45. The summed E-state index contributed by atoms with van der Waals surface area (Å²) in [5.74, 6) is 0.242. The zero-order valence-corrected chi connectivity index (χ0v) is 12.2. The van der Waals surface area contributed by atoms with Gasteiger partial charge in [0.1, 0.15) is 6.10 Å². The molecule has 0 aliphatic heterocycles. The zero-order valence-electron chi connectivity index (χ0n) is 11.4. The van der Waals surface area contributed by atoms with Crippen LogP contribution in [0.4, 0.5) is 0 Å². The molecule has 0 radical (unpaired) electrons. The molecule has 0 amide bonds. The minimum atomic E-state index is -0.166. The lowest BCUT2D eigenvalue weighted by molar-refractivity contribution is -0.148. The second-order valence-corrected chi connectivity index (χ2v) is 4.84. The van der Waals surface area contributed by atoms with Crippen LogP contribution in [0.15, 0.2) is 42.5 Å². The summed E-state index contributed by atoms with van der Waals surface area (Å²) in [4.78, 5) is 11.4. The van der Waals surface area contributed by atoms with Crippen molar-refractivity contribution in [1.82, 2.24) is 0 Å². The Morgan fingerprint density at radius 1 is 1.37 bits per heavy atom. The molecule has 0 unspecified atom stereocenters. The van der Waals surface area contributed by atoms with Gasteiger partial charge in [-0.15, -0.1) is 11.6 Å². The number of aryl methyl sites for hydroxylation is 1. The quantitative estimate of drug-likeness (QED) is 0.407. The Morgan fingerprint density at radius 2 is 2.05 bits per heavy atom. The fourth-order valence-electron chi connectivity index (χ4n) is 1.82. The number of hydrogen-bond donors (Lipinski definition) is 0. The van der Waals surface area contributed by atoms with Gasteiger partial charge in [-0.2, -0.15) is 0 Å². The summed E-state index contributed by atoms with van der Waals surface area (Å²) in [7, 11) is 0. The monoisotopic (exact) mass is 280 g/mol. The third kappa shape index (κ3) is 6.44. The van der Waals surface area contributed by atoms with Crippen LogP contribution < -0.4 is 0 Å². The van der Waals surface area contributed by atoms with Gasteiger partial charge in [0.25, 0.3) is 0 Å². The molecule has 1 aromatic carbocycles. The fourth-order valence-corrected chi connectivity index (χ4v) is 1.93. The molecule has 1 rings (SSSR count). The molecule has 19 heavy (non-hydrogen) atoms. The summed E-state index contributed by atoms with van der Waals surface area (Å²) >= 11 is 5.74. The molecule has 0 N–H and O–H groups in total. The van der Waals surface area contributed by atoms with Crippen LogP contribution in [0.1, 0.15) is 31.7 Å². The van der Waals surface area contributed by atoms with E-state index in [0.29, 0.717) is 18.7 Å². The van der Waals surface area contributed by atoms with E-state index in [4.69, 9.17) is 16.3 Å². The number of hydrogen-bond acceptors (Lipinski definition) is 2. The smallest absolute Gasteiger partial charge is 0.305 e. The first kappa shape index (κ1) is 15.8. The summed E-state index contributed by atoms with van der Waals surface area (Å²) in [6.45, 7) is 5.68. The third-order valence-corrected chi connectivity index (χ3v) is 3.27. The lowest BCUT2D eigenvalue weighted by Crippen LogP contribution is -2.19. The Balaban J connectivity index is 2.53. The maximum atomic E-state index is 11.4. The lowest BCUT2D eigenvalue weighted by atomic mass is 10.0. The lowest BCUT2D eigenvalue weighted by Gasteiger charge is -2.18. The molecular weight excluding hydrogens is 260 g/mol. The van der Waals surface area contributed by atoms with Crippen molar-refractivity contribution in [3.63, 3.8) is 0 Å². The molecule has 104 valence electrons. The Bertz CT molecular complexity index is 382. The highest BCUT2D eigenvalue weighted by atomic mass is 35.5. The molecule has 1 atom stereocenters. The van der Waals surface area contributed by atoms with E-state index in [1.807, 2.05) is 18.2 Å². The van der Waals surface area contributed by atoms with Crippen LogP contribution >= 0.6 is 11.6 Å². The molecule has 0 saturated carbocycles. The van der Waals surface area contributed by atoms with Crippen molar-refractivity contribution in [3.8, 4) is 0 Å². The van der Waals surface area contributed by atoms with Crippen LogP contribution in [0.5, 0.6) is 0 Å². The van der Waals surface area contributed by atoms with Gasteiger partial charge in [0.2, 0.25) is 0 Å². The molecule has 0 aliphatic carbocycles. The van der Waals surface area contributed by atoms with Crippen LogP contribution in [-0.4, -0.2) is 18.0 Å². The molecule has 3 heteroatoms. The van der Waals surface area contributed by atoms with Crippen molar-refractivity contribution in [2.45, 2.75) is 38.7 Å². The molecule has 1 aromatic rings. The van der Waals surface area contributed by atoms with Crippen molar-refractivity contribution >= 4 is 17.6 Å². The summed E-state index contributed by atoms with van der Waals surface area (Å²) in [5.41, 5.74) is 2.15. The first-order chi connectivity index (χ1) is 9.15. The molecule has 0 bridgehead atoms. The van der Waals surface area contributed by atoms with Crippen molar-refractivity contribution in [1.29, 1.82) is 0 Å². The number of rotatable bonds is 8. The van der Waals surface area contributed by atoms with Gasteiger partial charge in [0.05, 0.1) is 0 Å². The van der Waals surface area contributed by atoms with Gasteiger partial charge in [0.15, 0.2) is 0 Å². The second-order valence-electron chi connectivity index (χ2n) is 4.58. The van der Waals surface area contributed by atoms with Gasteiger partial charge >= 0.3 is 5.97 Å². The average molecular weight is 281 g/mol. The largest absolute Gasteiger partial charge is 0.462 e. The Morgan fingerprint density at radius 3 is 2.63 bits per heavy atom. The fraction of sp³-hybridized carbons (Fsp3) is 0.438. The maximum Gasteiger partial charge on any atom is 0.305 e. The molecular formula is C16H21ClO2. The third-order valence-electron chi connectivity index (χ3n) is 2.89. The van der Waals surface area contributed by atoms with Crippen LogP contribution in [0, 0.1) is 0 Å². The van der Waals surface area contributed by atoms with Gasteiger partial charge in [0, 0.05) is 18.7 Å². The van der Waals surface area contributed by atoms with Crippen LogP contribution in [0.2, 0.25) is 0 Å². The minimum absolute atomic E-state index is 0.126. The number of halogens is 1. The minimum Gasteiger partial charge on any atom is -0.462 e. The topological polar surface area (TPSA) is 26.3 Å². The summed E-state index contributed by atoms with van der Waals surface area (Å²) in [5, 5.41) is 0. The van der Waals surface area contributed by atoms with Crippen molar-refractivity contribution in [2.24, 2.45) is 0 Å². The Labute approximate surface area is 120 Å². The summed E-state index contributed by atoms with van der Waals surface area (Å²) in [6.07, 6.45) is 2.60. The predicted molar refractivity (Wildman–Crippen MR) is 79.4 cm³/mol. The molecule has 0 aromatic heterocycles.